The Bertz CT molecular complexity index is 370. The van der Waals surface area contributed by atoms with Crippen LogP contribution in [0.3, 0.4) is 0 Å². The Morgan fingerprint density at radius 1 is 1.39 bits per heavy atom. The van der Waals surface area contributed by atoms with Crippen molar-refractivity contribution in [2.24, 2.45) is 0 Å². The van der Waals surface area contributed by atoms with Gasteiger partial charge in [-0.05, 0) is 31.3 Å². The van der Waals surface area contributed by atoms with Gasteiger partial charge in [-0.2, -0.15) is 0 Å². The summed E-state index contributed by atoms with van der Waals surface area (Å²) in [4.78, 5) is 14.4. The monoisotopic (exact) mass is 270 g/mol. The quantitative estimate of drug-likeness (QED) is 0.769. The molecule has 100 valence electrons. The molecular weight excluding hydrogens is 251 g/mol. The highest BCUT2D eigenvalue weighted by Crippen LogP contribution is 2.19. The Morgan fingerprint density at radius 3 is 2.67 bits per heavy atom. The molecule has 1 aromatic rings. The minimum Gasteiger partial charge on any atom is -0.344 e. The Kier molecular flexibility index (Phi) is 6.75. The summed E-state index contributed by atoms with van der Waals surface area (Å²) in [7, 11) is 3.67. The molecule has 18 heavy (non-hydrogen) atoms. The Hall–Kier alpha value is -1.07. The maximum atomic E-state index is 12.7. The van der Waals surface area contributed by atoms with Gasteiger partial charge in [0.25, 0.3) is 0 Å². The van der Waals surface area contributed by atoms with Gasteiger partial charge in [0, 0.05) is 37.2 Å². The number of carbonyl (C=O) groups is 1. The van der Waals surface area contributed by atoms with E-state index in [1.165, 1.54) is 12.1 Å². The molecule has 0 aromatic heterocycles. The Morgan fingerprint density at radius 2 is 2.06 bits per heavy atom. The summed E-state index contributed by atoms with van der Waals surface area (Å²) in [6, 6.07) is 6.33. The summed E-state index contributed by atoms with van der Waals surface area (Å²) in [5.41, 5.74) is 0. The smallest absolute Gasteiger partial charge is 0.223 e. The van der Waals surface area contributed by atoms with Crippen molar-refractivity contribution in [3.8, 4) is 0 Å². The van der Waals surface area contributed by atoms with Crippen molar-refractivity contribution in [1.82, 2.24) is 10.2 Å². The predicted molar refractivity (Wildman–Crippen MR) is 73.3 cm³/mol. The van der Waals surface area contributed by atoms with Crippen molar-refractivity contribution in [1.29, 1.82) is 0 Å². The highest BCUT2D eigenvalue weighted by molar-refractivity contribution is 7.99. The molecule has 0 aliphatic rings. The number of nitrogens with zero attached hydrogens (tertiary/aromatic N) is 1. The molecule has 0 bridgehead atoms. The minimum atomic E-state index is -0.234. The average Bonchev–Trinajstić information content (AvgIpc) is 2.38. The van der Waals surface area contributed by atoms with Crippen LogP contribution in [0.2, 0.25) is 0 Å². The maximum Gasteiger partial charge on any atom is 0.223 e. The largest absolute Gasteiger partial charge is 0.344 e. The molecule has 1 N–H and O–H groups in total. The van der Waals surface area contributed by atoms with E-state index < -0.39 is 0 Å². The first-order valence-corrected chi connectivity index (χ1v) is 6.89. The molecule has 1 amide bonds. The van der Waals surface area contributed by atoms with Crippen molar-refractivity contribution < 1.29 is 9.18 Å². The van der Waals surface area contributed by atoms with E-state index in [1.54, 1.807) is 28.8 Å². The van der Waals surface area contributed by atoms with E-state index >= 15 is 0 Å². The van der Waals surface area contributed by atoms with Gasteiger partial charge in [0.1, 0.15) is 5.82 Å². The second-order valence-corrected chi connectivity index (χ2v) is 5.14. The van der Waals surface area contributed by atoms with Crippen molar-refractivity contribution >= 4 is 17.7 Å². The van der Waals surface area contributed by atoms with E-state index in [-0.39, 0.29) is 11.7 Å². The van der Waals surface area contributed by atoms with Gasteiger partial charge >= 0.3 is 0 Å². The van der Waals surface area contributed by atoms with E-state index in [2.05, 4.69) is 5.32 Å². The molecule has 0 spiro atoms. The number of hydrogen-bond acceptors (Lipinski definition) is 3. The predicted octanol–water partition coefficient (Wildman–Crippen LogP) is 1.99. The number of hydrogen-bond donors (Lipinski definition) is 1. The first-order valence-electron chi connectivity index (χ1n) is 5.90. The van der Waals surface area contributed by atoms with Crippen LogP contribution in [0.15, 0.2) is 29.2 Å². The first kappa shape index (κ1) is 15.0. The van der Waals surface area contributed by atoms with Gasteiger partial charge in [-0.25, -0.2) is 4.39 Å². The fourth-order valence-electron chi connectivity index (χ4n) is 1.38. The summed E-state index contributed by atoms with van der Waals surface area (Å²) in [6.07, 6.45) is 0.502. The molecule has 0 saturated carbocycles. The molecule has 0 aliphatic heterocycles. The third-order valence-corrected chi connectivity index (χ3v) is 3.54. The number of benzene rings is 1. The summed E-state index contributed by atoms with van der Waals surface area (Å²) >= 11 is 1.57. The second kappa shape index (κ2) is 8.11. The van der Waals surface area contributed by atoms with Gasteiger partial charge < -0.3 is 10.2 Å². The number of likely N-dealkylation sites (N-methyl/N-ethyl adjacent to an activating group) is 2. The van der Waals surface area contributed by atoms with Crippen LogP contribution in [0.1, 0.15) is 6.42 Å². The van der Waals surface area contributed by atoms with Gasteiger partial charge in [0.05, 0.1) is 0 Å². The highest BCUT2D eigenvalue weighted by Gasteiger charge is 2.07. The molecule has 0 fully saturated rings. The van der Waals surface area contributed by atoms with E-state index in [0.717, 1.165) is 18.0 Å². The van der Waals surface area contributed by atoms with Gasteiger partial charge in [-0.3, -0.25) is 4.79 Å². The zero-order valence-corrected chi connectivity index (χ0v) is 11.6. The van der Waals surface area contributed by atoms with E-state index in [1.807, 2.05) is 14.1 Å². The van der Waals surface area contributed by atoms with Crippen molar-refractivity contribution in [2.75, 3.05) is 32.9 Å². The molecule has 0 aliphatic carbocycles. The van der Waals surface area contributed by atoms with Crippen molar-refractivity contribution in [3.05, 3.63) is 30.1 Å². The summed E-state index contributed by atoms with van der Waals surface area (Å²) in [6.45, 7) is 1.52. The van der Waals surface area contributed by atoms with Crippen LogP contribution in [-0.2, 0) is 4.79 Å². The third-order valence-electron chi connectivity index (χ3n) is 2.52. The van der Waals surface area contributed by atoms with Gasteiger partial charge in [-0.1, -0.05) is 0 Å². The van der Waals surface area contributed by atoms with Crippen LogP contribution in [0.5, 0.6) is 0 Å². The van der Waals surface area contributed by atoms with E-state index in [0.29, 0.717) is 12.2 Å². The normalized spacial score (nSPS) is 10.4. The summed E-state index contributed by atoms with van der Waals surface area (Å²) in [5.74, 6) is 0.621. The van der Waals surface area contributed by atoms with Crippen molar-refractivity contribution in [2.45, 2.75) is 11.3 Å². The van der Waals surface area contributed by atoms with Crippen LogP contribution in [0.4, 0.5) is 4.39 Å². The molecule has 0 saturated heterocycles. The number of nitrogens with one attached hydrogen (secondary N) is 1. The molecule has 3 nitrogen and oxygen atoms in total. The van der Waals surface area contributed by atoms with Crippen LogP contribution in [0, 0.1) is 5.82 Å². The number of thioether (sulfide) groups is 1. The molecular formula is C13H19FN2OS. The summed E-state index contributed by atoms with van der Waals surface area (Å²) < 4.78 is 12.7. The fraction of sp³-hybridized carbons (Fsp3) is 0.462. The van der Waals surface area contributed by atoms with Crippen LogP contribution in [0.25, 0.3) is 0 Å². The lowest BCUT2D eigenvalue weighted by Gasteiger charge is -2.16. The Labute approximate surface area is 112 Å². The lowest BCUT2D eigenvalue weighted by Crippen LogP contribution is -2.32. The molecule has 0 unspecified atom stereocenters. The zero-order valence-electron chi connectivity index (χ0n) is 10.8. The van der Waals surface area contributed by atoms with Crippen LogP contribution < -0.4 is 5.32 Å². The van der Waals surface area contributed by atoms with Crippen LogP contribution >= 0.6 is 11.8 Å². The Balaban J connectivity index is 2.24. The lowest BCUT2D eigenvalue weighted by atomic mass is 10.3. The van der Waals surface area contributed by atoms with Crippen LogP contribution in [-0.4, -0.2) is 43.7 Å². The maximum absolute atomic E-state index is 12.7. The zero-order chi connectivity index (χ0) is 13.4. The molecule has 1 aromatic carbocycles. The molecule has 1 rings (SSSR count). The SMILES string of the molecule is CNCCN(C)C(=O)CCSc1ccc(F)cc1. The number of rotatable bonds is 7. The molecule has 5 heteroatoms. The van der Waals surface area contributed by atoms with E-state index in [4.69, 9.17) is 0 Å². The third kappa shape index (κ3) is 5.51. The average molecular weight is 270 g/mol. The molecule has 0 heterocycles. The first-order chi connectivity index (χ1) is 8.63. The van der Waals surface area contributed by atoms with Crippen molar-refractivity contribution in [3.63, 3.8) is 0 Å². The van der Waals surface area contributed by atoms with E-state index in [9.17, 15) is 9.18 Å². The van der Waals surface area contributed by atoms with Gasteiger partial charge in [0.2, 0.25) is 5.91 Å². The highest BCUT2D eigenvalue weighted by atomic mass is 32.2. The number of amides is 1. The minimum absolute atomic E-state index is 0.139. The summed E-state index contributed by atoms with van der Waals surface area (Å²) in [5, 5.41) is 3.01. The molecule has 0 atom stereocenters. The topological polar surface area (TPSA) is 32.3 Å². The fourth-order valence-corrected chi connectivity index (χ4v) is 2.22. The standard InChI is InChI=1S/C13H19FN2OS/c1-15-8-9-16(2)13(17)7-10-18-12-5-3-11(14)4-6-12/h3-6,15H,7-10H2,1-2H3. The number of halogens is 1. The second-order valence-electron chi connectivity index (χ2n) is 3.97. The molecule has 0 radical (unpaired) electrons. The van der Waals surface area contributed by atoms with Gasteiger partial charge in [0.15, 0.2) is 0 Å². The lowest BCUT2D eigenvalue weighted by molar-refractivity contribution is -0.129. The van der Waals surface area contributed by atoms with Gasteiger partial charge in [-0.15, -0.1) is 11.8 Å². The number of carbonyl (C=O) groups excluding carboxylic acids is 1.